The van der Waals surface area contributed by atoms with Gasteiger partial charge in [-0.05, 0) is 38.7 Å². The summed E-state index contributed by atoms with van der Waals surface area (Å²) in [5.74, 6) is 0.275. The number of nitriles is 1. The first-order chi connectivity index (χ1) is 17.4. The monoisotopic (exact) mass is 490 g/mol. The lowest BCUT2D eigenvalue weighted by molar-refractivity contribution is -0.385. The third kappa shape index (κ3) is 7.44. The van der Waals surface area contributed by atoms with Crippen LogP contribution in [0.3, 0.4) is 0 Å². The number of hydrogen-bond donors (Lipinski definition) is 2. The Morgan fingerprint density at radius 1 is 1.11 bits per heavy atom. The van der Waals surface area contributed by atoms with Gasteiger partial charge in [-0.2, -0.15) is 5.26 Å². The SMILES string of the molecule is CN(C)CCCOC(=O)c1cnc(NCCNc2ccc([N+](=O)[O-])cn2)nc1-c1ccc(C#N)cc1. The molecule has 0 aliphatic heterocycles. The Hall–Kier alpha value is -4.63. The van der Waals surface area contributed by atoms with Gasteiger partial charge >= 0.3 is 5.97 Å². The maximum atomic E-state index is 12.8. The van der Waals surface area contributed by atoms with E-state index in [-0.39, 0.29) is 17.9 Å². The van der Waals surface area contributed by atoms with Gasteiger partial charge in [-0.25, -0.2) is 19.7 Å². The molecule has 3 rings (SSSR count). The largest absolute Gasteiger partial charge is 0.462 e. The second kappa shape index (κ2) is 12.7. The van der Waals surface area contributed by atoms with Crippen LogP contribution in [0.1, 0.15) is 22.3 Å². The van der Waals surface area contributed by atoms with Gasteiger partial charge in [0.05, 0.1) is 28.9 Å². The number of hydrogen-bond acceptors (Lipinski definition) is 11. The zero-order valence-electron chi connectivity index (χ0n) is 20.0. The molecule has 0 fully saturated rings. The van der Waals surface area contributed by atoms with E-state index in [1.54, 1.807) is 24.3 Å². The molecule has 12 nitrogen and oxygen atoms in total. The van der Waals surface area contributed by atoms with E-state index in [1.807, 2.05) is 19.0 Å². The summed E-state index contributed by atoms with van der Waals surface area (Å²) < 4.78 is 5.42. The van der Waals surface area contributed by atoms with Crippen LogP contribution in [0.15, 0.2) is 48.8 Å². The van der Waals surface area contributed by atoms with Gasteiger partial charge in [0.1, 0.15) is 17.6 Å². The van der Waals surface area contributed by atoms with Crippen LogP contribution >= 0.6 is 0 Å². The predicted octanol–water partition coefficient (Wildman–Crippen LogP) is 2.95. The van der Waals surface area contributed by atoms with Crippen molar-refractivity contribution in [1.29, 1.82) is 5.26 Å². The number of pyridine rings is 1. The number of carbonyl (C=O) groups excluding carboxylic acids is 1. The molecule has 0 amide bonds. The number of aromatic nitrogens is 3. The first kappa shape index (κ1) is 26.0. The molecule has 1 aromatic carbocycles. The number of ether oxygens (including phenoxy) is 1. The molecular formula is C24H26N8O4. The molecule has 0 unspecified atom stereocenters. The molecule has 0 spiro atoms. The van der Waals surface area contributed by atoms with Crippen molar-refractivity contribution >= 4 is 23.4 Å². The van der Waals surface area contributed by atoms with E-state index in [2.05, 4.69) is 31.7 Å². The van der Waals surface area contributed by atoms with Gasteiger partial charge in [-0.3, -0.25) is 10.1 Å². The molecule has 36 heavy (non-hydrogen) atoms. The van der Waals surface area contributed by atoms with Gasteiger partial charge in [0.2, 0.25) is 5.95 Å². The van der Waals surface area contributed by atoms with Crippen LogP contribution in [-0.2, 0) is 4.74 Å². The Morgan fingerprint density at radius 3 is 2.50 bits per heavy atom. The first-order valence-electron chi connectivity index (χ1n) is 11.1. The highest BCUT2D eigenvalue weighted by atomic mass is 16.6. The van der Waals surface area contributed by atoms with Crippen molar-refractivity contribution in [2.45, 2.75) is 6.42 Å². The van der Waals surface area contributed by atoms with E-state index in [4.69, 9.17) is 10.00 Å². The summed E-state index contributed by atoms with van der Waals surface area (Å²) in [6.45, 7) is 1.92. The minimum absolute atomic E-state index is 0.0845. The van der Waals surface area contributed by atoms with Crippen molar-refractivity contribution in [2.24, 2.45) is 0 Å². The summed E-state index contributed by atoms with van der Waals surface area (Å²) in [6.07, 6.45) is 3.30. The average molecular weight is 491 g/mol. The lowest BCUT2D eigenvalue weighted by Crippen LogP contribution is -2.18. The molecule has 0 saturated heterocycles. The Balaban J connectivity index is 1.68. The van der Waals surface area contributed by atoms with Crippen molar-refractivity contribution in [1.82, 2.24) is 19.9 Å². The molecule has 2 heterocycles. The van der Waals surface area contributed by atoms with Gasteiger partial charge in [0.15, 0.2) is 0 Å². The molecular weight excluding hydrogens is 464 g/mol. The highest BCUT2D eigenvalue weighted by Crippen LogP contribution is 2.24. The first-order valence-corrected chi connectivity index (χ1v) is 11.1. The second-order valence-corrected chi connectivity index (χ2v) is 7.95. The standard InChI is InChI=1S/C24H26N8O4/c1-31(2)12-3-13-36-23(33)20-16-29-24(30-22(20)18-6-4-17(14-25)5-7-18)27-11-10-26-21-9-8-19(15-28-21)32(34)35/h4-9,15-16H,3,10-13H2,1-2H3,(H,26,28)(H,27,29,30). The molecule has 0 atom stereocenters. The molecule has 0 bridgehead atoms. The maximum Gasteiger partial charge on any atom is 0.341 e. The number of nitro groups is 1. The van der Waals surface area contributed by atoms with E-state index >= 15 is 0 Å². The average Bonchev–Trinajstić information content (AvgIpc) is 2.89. The lowest BCUT2D eigenvalue weighted by Gasteiger charge is -2.13. The number of carbonyl (C=O) groups is 1. The van der Waals surface area contributed by atoms with Crippen LogP contribution in [0, 0.1) is 21.4 Å². The van der Waals surface area contributed by atoms with E-state index < -0.39 is 10.9 Å². The smallest absolute Gasteiger partial charge is 0.341 e. The van der Waals surface area contributed by atoms with Crippen LogP contribution in [0.5, 0.6) is 0 Å². The van der Waals surface area contributed by atoms with Crippen molar-refractivity contribution in [3.05, 3.63) is 70.0 Å². The molecule has 0 saturated carbocycles. The fraction of sp³-hybridized carbons (Fsp3) is 0.292. The Kier molecular flexibility index (Phi) is 9.19. The van der Waals surface area contributed by atoms with Crippen LogP contribution in [-0.4, -0.2) is 71.1 Å². The molecule has 2 aromatic heterocycles. The van der Waals surface area contributed by atoms with Gasteiger partial charge in [-0.15, -0.1) is 0 Å². The van der Waals surface area contributed by atoms with Gasteiger partial charge in [0, 0.05) is 37.5 Å². The van der Waals surface area contributed by atoms with Crippen LogP contribution < -0.4 is 10.6 Å². The van der Waals surface area contributed by atoms with E-state index in [1.165, 1.54) is 24.5 Å². The maximum absolute atomic E-state index is 12.8. The molecule has 3 aromatic rings. The predicted molar refractivity (Wildman–Crippen MR) is 134 cm³/mol. The normalized spacial score (nSPS) is 10.5. The van der Waals surface area contributed by atoms with E-state index in [9.17, 15) is 14.9 Å². The second-order valence-electron chi connectivity index (χ2n) is 7.95. The van der Waals surface area contributed by atoms with Gasteiger partial charge in [0.25, 0.3) is 5.69 Å². The fourth-order valence-corrected chi connectivity index (χ4v) is 3.13. The van der Waals surface area contributed by atoms with E-state index in [0.717, 1.165) is 6.54 Å². The van der Waals surface area contributed by atoms with Crippen LogP contribution in [0.2, 0.25) is 0 Å². The number of rotatable bonds is 12. The number of nitrogens with zero attached hydrogens (tertiary/aromatic N) is 6. The quantitative estimate of drug-likeness (QED) is 0.166. The van der Waals surface area contributed by atoms with Crippen LogP contribution in [0.4, 0.5) is 17.5 Å². The third-order valence-electron chi connectivity index (χ3n) is 4.95. The Bertz CT molecular complexity index is 1220. The van der Waals surface area contributed by atoms with E-state index in [0.29, 0.717) is 48.1 Å². The number of benzene rings is 1. The summed E-state index contributed by atoms with van der Waals surface area (Å²) in [5, 5.41) is 25.9. The molecule has 186 valence electrons. The summed E-state index contributed by atoms with van der Waals surface area (Å²) in [7, 11) is 3.89. The number of esters is 1. The minimum atomic E-state index is -0.523. The molecule has 12 heteroatoms. The highest BCUT2D eigenvalue weighted by Gasteiger charge is 2.18. The fourth-order valence-electron chi connectivity index (χ4n) is 3.13. The highest BCUT2D eigenvalue weighted by molar-refractivity contribution is 5.96. The lowest BCUT2D eigenvalue weighted by atomic mass is 10.1. The summed E-state index contributed by atoms with van der Waals surface area (Å²) >= 11 is 0. The zero-order chi connectivity index (χ0) is 25.9. The molecule has 0 aliphatic carbocycles. The van der Waals surface area contributed by atoms with Crippen molar-refractivity contribution < 1.29 is 14.5 Å². The summed E-state index contributed by atoms with van der Waals surface area (Å²) in [6, 6.07) is 11.7. The van der Waals surface area contributed by atoms with Crippen LogP contribution in [0.25, 0.3) is 11.3 Å². The zero-order valence-corrected chi connectivity index (χ0v) is 20.0. The molecule has 0 aliphatic rings. The third-order valence-corrected chi connectivity index (χ3v) is 4.95. The Morgan fingerprint density at radius 2 is 1.86 bits per heavy atom. The van der Waals surface area contributed by atoms with Crippen molar-refractivity contribution in [2.75, 3.05) is 51.0 Å². The Labute approximate surface area is 208 Å². The topological polar surface area (TPSA) is 159 Å². The van der Waals surface area contributed by atoms with Gasteiger partial charge < -0.3 is 20.3 Å². The molecule has 2 N–H and O–H groups in total. The van der Waals surface area contributed by atoms with Gasteiger partial charge in [-0.1, -0.05) is 12.1 Å². The van der Waals surface area contributed by atoms with Crippen molar-refractivity contribution in [3.63, 3.8) is 0 Å². The summed E-state index contributed by atoms with van der Waals surface area (Å²) in [5.41, 5.74) is 1.67. The minimum Gasteiger partial charge on any atom is -0.462 e. The number of anilines is 2. The number of nitrogens with one attached hydrogen (secondary N) is 2. The summed E-state index contributed by atoms with van der Waals surface area (Å²) in [4.78, 5) is 37.7. The van der Waals surface area contributed by atoms with Crippen molar-refractivity contribution in [3.8, 4) is 17.3 Å². The molecule has 0 radical (unpaired) electrons.